The summed E-state index contributed by atoms with van der Waals surface area (Å²) in [6, 6.07) is 1.67. The van der Waals surface area contributed by atoms with Crippen LogP contribution >= 0.6 is 0 Å². The molecule has 3 aliphatic heterocycles. The van der Waals surface area contributed by atoms with E-state index in [0.717, 1.165) is 43.1 Å². The first kappa shape index (κ1) is 20.7. The van der Waals surface area contributed by atoms with Crippen molar-refractivity contribution in [2.24, 2.45) is 15.0 Å². The third-order valence-corrected chi connectivity index (χ3v) is 5.91. The lowest BCUT2D eigenvalue weighted by Crippen LogP contribution is -2.47. The molecule has 10 nitrogen and oxygen atoms in total. The number of imidazole rings is 1. The summed E-state index contributed by atoms with van der Waals surface area (Å²) in [5, 5.41) is 0. The van der Waals surface area contributed by atoms with Crippen molar-refractivity contribution in [3.63, 3.8) is 0 Å². The topological polar surface area (TPSA) is 99.9 Å². The minimum absolute atomic E-state index is 0.196. The van der Waals surface area contributed by atoms with Crippen molar-refractivity contribution in [3.05, 3.63) is 29.6 Å². The van der Waals surface area contributed by atoms with Crippen LogP contribution in [0.3, 0.4) is 0 Å². The lowest BCUT2D eigenvalue weighted by molar-refractivity contribution is 0.179. The first-order valence-corrected chi connectivity index (χ1v) is 10.6. The fourth-order valence-electron chi connectivity index (χ4n) is 4.19. The molecular formula is C22H27N7O3. The number of likely N-dealkylation sites (N-methyl/N-ethyl adjacent to an activating group) is 1. The van der Waals surface area contributed by atoms with Crippen molar-refractivity contribution in [2.45, 2.75) is 12.6 Å². The Balaban J connectivity index is 1.51. The van der Waals surface area contributed by atoms with Crippen LogP contribution < -0.4 is 9.47 Å². The summed E-state index contributed by atoms with van der Waals surface area (Å²) < 4.78 is 16.6. The molecule has 5 rings (SSSR count). The Bertz CT molecular complexity index is 1160. The number of aromatic amines is 1. The first-order valence-electron chi connectivity index (χ1n) is 10.6. The number of hydrogen-bond acceptors (Lipinski definition) is 9. The molecule has 0 bridgehead atoms. The molecule has 1 aromatic carbocycles. The van der Waals surface area contributed by atoms with E-state index in [1.807, 2.05) is 12.1 Å². The molecule has 1 fully saturated rings. The van der Waals surface area contributed by atoms with Crippen molar-refractivity contribution >= 4 is 28.5 Å². The van der Waals surface area contributed by atoms with Crippen LogP contribution in [0.15, 0.2) is 33.2 Å². The number of dihydropyridines is 1. The minimum Gasteiger partial charge on any atom is -0.494 e. The summed E-state index contributed by atoms with van der Waals surface area (Å²) >= 11 is 0. The van der Waals surface area contributed by atoms with Crippen molar-refractivity contribution in [2.75, 3.05) is 54.6 Å². The number of aromatic nitrogens is 2. The maximum Gasteiger partial charge on any atom is 0.161 e. The molecule has 0 aliphatic carbocycles. The summed E-state index contributed by atoms with van der Waals surface area (Å²) in [6.07, 6.45) is 4.11. The van der Waals surface area contributed by atoms with Crippen LogP contribution in [0, 0.1) is 0 Å². The largest absolute Gasteiger partial charge is 0.494 e. The van der Waals surface area contributed by atoms with Gasteiger partial charge in [0.05, 0.1) is 19.8 Å². The third kappa shape index (κ3) is 3.55. The molecule has 1 N–H and O–H groups in total. The van der Waals surface area contributed by atoms with E-state index in [4.69, 9.17) is 29.2 Å². The Morgan fingerprint density at radius 3 is 2.62 bits per heavy atom. The van der Waals surface area contributed by atoms with Crippen molar-refractivity contribution in [1.82, 2.24) is 19.8 Å². The fourth-order valence-corrected chi connectivity index (χ4v) is 4.19. The highest BCUT2D eigenvalue weighted by atomic mass is 16.5. The molecule has 0 amide bonds. The summed E-state index contributed by atoms with van der Waals surface area (Å²) in [7, 11) is 7.01. The van der Waals surface area contributed by atoms with Gasteiger partial charge in [-0.2, -0.15) is 0 Å². The average Bonchev–Trinajstić information content (AvgIpc) is 3.42. The lowest BCUT2D eigenvalue weighted by atomic mass is 10.1. The summed E-state index contributed by atoms with van der Waals surface area (Å²) in [4.78, 5) is 26.9. The van der Waals surface area contributed by atoms with E-state index in [2.05, 4.69) is 32.9 Å². The van der Waals surface area contributed by atoms with E-state index >= 15 is 0 Å². The Morgan fingerprint density at radius 1 is 1.09 bits per heavy atom. The van der Waals surface area contributed by atoms with Crippen LogP contribution in [-0.4, -0.2) is 97.9 Å². The van der Waals surface area contributed by atoms with Gasteiger partial charge in [0, 0.05) is 33.3 Å². The lowest BCUT2D eigenvalue weighted by Gasteiger charge is -2.34. The van der Waals surface area contributed by atoms with E-state index in [1.54, 1.807) is 21.3 Å². The number of piperazine rings is 1. The highest BCUT2D eigenvalue weighted by Crippen LogP contribution is 2.37. The van der Waals surface area contributed by atoms with Crippen molar-refractivity contribution in [3.8, 4) is 11.5 Å². The van der Waals surface area contributed by atoms with Crippen LogP contribution in [0.2, 0.25) is 0 Å². The molecule has 0 spiro atoms. The SMILES string of the molecule is COCc1nc2c(OC)cc(C3=NC4C=CC(N5CCN(C)CC5)=NC4=N3)c(OC)c2[nH]1. The second-order valence-electron chi connectivity index (χ2n) is 7.99. The highest BCUT2D eigenvalue weighted by molar-refractivity contribution is 6.19. The molecule has 1 atom stereocenters. The number of nitrogens with one attached hydrogen (secondary N) is 1. The van der Waals surface area contributed by atoms with Gasteiger partial charge in [0.1, 0.15) is 41.1 Å². The van der Waals surface area contributed by atoms with Crippen LogP contribution in [0.4, 0.5) is 0 Å². The zero-order valence-corrected chi connectivity index (χ0v) is 18.8. The van der Waals surface area contributed by atoms with Gasteiger partial charge in [-0.25, -0.2) is 15.0 Å². The summed E-state index contributed by atoms with van der Waals surface area (Å²) in [5.74, 6) is 4.13. The monoisotopic (exact) mass is 437 g/mol. The van der Waals surface area contributed by atoms with Gasteiger partial charge in [0.25, 0.3) is 0 Å². The van der Waals surface area contributed by atoms with E-state index in [1.165, 1.54) is 0 Å². The first-order chi connectivity index (χ1) is 15.6. The molecule has 1 aromatic heterocycles. The number of benzene rings is 1. The molecule has 4 heterocycles. The Labute approximate surface area is 186 Å². The molecular weight excluding hydrogens is 410 g/mol. The number of H-pyrrole nitrogens is 1. The van der Waals surface area contributed by atoms with Crippen molar-refractivity contribution in [1.29, 1.82) is 0 Å². The zero-order valence-electron chi connectivity index (χ0n) is 18.8. The summed E-state index contributed by atoms with van der Waals surface area (Å²) in [5.41, 5.74) is 2.14. The normalized spacial score (nSPS) is 20.8. The number of rotatable bonds is 5. The number of nitrogens with zero attached hydrogens (tertiary/aromatic N) is 6. The van der Waals surface area contributed by atoms with Gasteiger partial charge in [0.2, 0.25) is 0 Å². The van der Waals surface area contributed by atoms with Gasteiger partial charge in [-0.15, -0.1) is 0 Å². The van der Waals surface area contributed by atoms with Gasteiger partial charge in [-0.05, 0) is 25.3 Å². The molecule has 0 saturated carbocycles. The van der Waals surface area contributed by atoms with Crippen molar-refractivity contribution < 1.29 is 14.2 Å². The van der Waals surface area contributed by atoms with Gasteiger partial charge in [0.15, 0.2) is 17.4 Å². The van der Waals surface area contributed by atoms with Crippen LogP contribution in [-0.2, 0) is 11.3 Å². The second-order valence-corrected chi connectivity index (χ2v) is 7.99. The summed E-state index contributed by atoms with van der Waals surface area (Å²) in [6.45, 7) is 4.32. The average molecular weight is 438 g/mol. The smallest absolute Gasteiger partial charge is 0.161 e. The zero-order chi connectivity index (χ0) is 22.2. The molecule has 3 aliphatic rings. The second kappa shape index (κ2) is 8.36. The number of hydrogen-bond donors (Lipinski definition) is 1. The van der Waals surface area contributed by atoms with E-state index in [-0.39, 0.29) is 6.04 Å². The minimum atomic E-state index is -0.196. The maximum absolute atomic E-state index is 5.76. The van der Waals surface area contributed by atoms with E-state index in [0.29, 0.717) is 41.1 Å². The van der Waals surface area contributed by atoms with Gasteiger partial charge in [-0.3, -0.25) is 4.99 Å². The molecule has 0 radical (unpaired) electrons. The van der Waals surface area contributed by atoms with E-state index < -0.39 is 0 Å². The fraction of sp³-hybridized carbons (Fsp3) is 0.455. The number of aliphatic imine (C=N–C) groups is 3. The molecule has 32 heavy (non-hydrogen) atoms. The number of fused-ring (bicyclic) bond motifs is 2. The number of ether oxygens (including phenoxy) is 3. The highest BCUT2D eigenvalue weighted by Gasteiger charge is 2.29. The van der Waals surface area contributed by atoms with Crippen LogP contribution in [0.5, 0.6) is 11.5 Å². The molecule has 2 aromatic rings. The molecule has 10 heteroatoms. The Hall–Kier alpha value is -3.24. The maximum atomic E-state index is 5.76. The number of methoxy groups -OCH3 is 3. The van der Waals surface area contributed by atoms with Gasteiger partial charge in [-0.1, -0.05) is 0 Å². The quantitative estimate of drug-likeness (QED) is 0.761. The Morgan fingerprint density at radius 2 is 1.91 bits per heavy atom. The van der Waals surface area contributed by atoms with Gasteiger partial charge >= 0.3 is 0 Å². The Kier molecular flexibility index (Phi) is 5.40. The molecule has 168 valence electrons. The third-order valence-electron chi connectivity index (χ3n) is 5.91. The van der Waals surface area contributed by atoms with Crippen LogP contribution in [0.25, 0.3) is 11.0 Å². The predicted molar refractivity (Wildman–Crippen MR) is 123 cm³/mol. The van der Waals surface area contributed by atoms with Gasteiger partial charge < -0.3 is 29.0 Å². The molecule has 1 saturated heterocycles. The van der Waals surface area contributed by atoms with Crippen LogP contribution in [0.1, 0.15) is 11.4 Å². The standard InChI is InChI=1S/C22H27N7O3/c1-28-7-9-29(10-8-28)17-6-5-14-22(26-17)27-21(23-14)13-11-15(31-3)18-19(20(13)32-4)25-16(24-18)12-30-2/h5-6,11,14H,7-10,12H2,1-4H3,(H,24,25). The predicted octanol–water partition coefficient (Wildman–Crippen LogP) is 1.47. The molecule has 1 unspecified atom stereocenters. The van der Waals surface area contributed by atoms with E-state index in [9.17, 15) is 0 Å². The number of amidine groups is 3.